The number of hydrogen-bond donors (Lipinski definition) is 1. The summed E-state index contributed by atoms with van der Waals surface area (Å²) in [7, 11) is 0. The van der Waals surface area contributed by atoms with Gasteiger partial charge in [-0.05, 0) is 24.8 Å². The molecule has 0 spiro atoms. The molecule has 0 saturated heterocycles. The Hall–Kier alpha value is -1.29. The van der Waals surface area contributed by atoms with E-state index in [2.05, 4.69) is 32.6 Å². The van der Waals surface area contributed by atoms with E-state index in [4.69, 9.17) is 9.52 Å². The predicted octanol–water partition coefficient (Wildman–Crippen LogP) is 3.62. The molecule has 0 radical (unpaired) electrons. The lowest BCUT2D eigenvalue weighted by Crippen LogP contribution is -2.37. The largest absolute Gasteiger partial charge is 0.478 e. The number of aromatic carboxylic acids is 1. The maximum absolute atomic E-state index is 11.1. The van der Waals surface area contributed by atoms with Crippen LogP contribution in [0, 0.1) is 5.92 Å². The van der Waals surface area contributed by atoms with Gasteiger partial charge in [-0.3, -0.25) is 4.90 Å². The molecule has 4 nitrogen and oxygen atoms in total. The maximum Gasteiger partial charge on any atom is 0.339 e. The van der Waals surface area contributed by atoms with Crippen molar-refractivity contribution in [1.29, 1.82) is 0 Å². The van der Waals surface area contributed by atoms with Gasteiger partial charge in [0.2, 0.25) is 0 Å². The molecule has 19 heavy (non-hydrogen) atoms. The third-order valence-electron chi connectivity index (χ3n) is 3.38. The Balaban J connectivity index is 2.87. The Kier molecular flexibility index (Phi) is 6.09. The number of carboxylic acid groups (broad SMARTS) is 1. The van der Waals surface area contributed by atoms with Crippen LogP contribution in [0.3, 0.4) is 0 Å². The lowest BCUT2D eigenvalue weighted by Gasteiger charge is -2.31. The third-order valence-corrected chi connectivity index (χ3v) is 3.38. The third kappa shape index (κ3) is 4.39. The van der Waals surface area contributed by atoms with Crippen molar-refractivity contribution in [1.82, 2.24) is 4.90 Å². The highest BCUT2D eigenvalue weighted by atomic mass is 16.4. The van der Waals surface area contributed by atoms with Crippen LogP contribution in [0.25, 0.3) is 0 Å². The lowest BCUT2D eigenvalue weighted by atomic mass is 10.1. The minimum atomic E-state index is -0.919. The molecule has 1 rings (SSSR count). The van der Waals surface area contributed by atoms with Crippen LogP contribution in [0.1, 0.15) is 56.7 Å². The molecule has 0 bridgehead atoms. The van der Waals surface area contributed by atoms with Crippen molar-refractivity contribution in [2.24, 2.45) is 5.92 Å². The van der Waals surface area contributed by atoms with Crippen molar-refractivity contribution >= 4 is 5.97 Å². The molecule has 1 aromatic heterocycles. The Morgan fingerprint density at radius 2 is 2.00 bits per heavy atom. The topological polar surface area (TPSA) is 53.7 Å². The Labute approximate surface area is 115 Å². The summed E-state index contributed by atoms with van der Waals surface area (Å²) in [6, 6.07) is 1.99. The van der Waals surface area contributed by atoms with Gasteiger partial charge in [-0.2, -0.15) is 0 Å². The summed E-state index contributed by atoms with van der Waals surface area (Å²) < 4.78 is 5.35. The van der Waals surface area contributed by atoms with Crippen LogP contribution in [0.4, 0.5) is 0 Å². The van der Waals surface area contributed by atoms with Gasteiger partial charge in [0, 0.05) is 12.6 Å². The molecule has 0 aromatic carbocycles. The quantitative estimate of drug-likeness (QED) is 0.781. The van der Waals surface area contributed by atoms with E-state index in [1.165, 1.54) is 12.3 Å². The molecule has 0 fully saturated rings. The minimum Gasteiger partial charge on any atom is -0.478 e. The summed E-state index contributed by atoms with van der Waals surface area (Å²) in [6.45, 7) is 10.2. The Morgan fingerprint density at radius 1 is 1.37 bits per heavy atom. The summed E-state index contributed by atoms with van der Waals surface area (Å²) >= 11 is 0. The monoisotopic (exact) mass is 267 g/mol. The van der Waals surface area contributed by atoms with E-state index < -0.39 is 5.97 Å². The Morgan fingerprint density at radius 3 is 2.47 bits per heavy atom. The number of nitrogens with zero attached hydrogens (tertiary/aromatic N) is 1. The average Bonchev–Trinajstić information content (AvgIpc) is 2.78. The van der Waals surface area contributed by atoms with E-state index in [1.807, 2.05) is 0 Å². The van der Waals surface area contributed by atoms with E-state index in [9.17, 15) is 4.79 Å². The van der Waals surface area contributed by atoms with Crippen molar-refractivity contribution in [2.75, 3.05) is 6.54 Å². The maximum atomic E-state index is 11.1. The highest BCUT2D eigenvalue weighted by molar-refractivity contribution is 5.88. The second kappa shape index (κ2) is 7.34. The van der Waals surface area contributed by atoms with Gasteiger partial charge in [-0.1, -0.05) is 27.7 Å². The molecule has 4 heteroatoms. The first-order chi connectivity index (χ1) is 8.99. The van der Waals surface area contributed by atoms with Crippen LogP contribution in [-0.4, -0.2) is 28.6 Å². The number of carbonyl (C=O) groups is 1. The van der Waals surface area contributed by atoms with Crippen LogP contribution in [0.5, 0.6) is 0 Å². The standard InChI is InChI=1S/C15H25NO3/c1-5-12(6-2)16(9-11(3)4)10-14-13(15(17)18)7-8-19-14/h7-8,11-12H,5-6,9-10H2,1-4H3,(H,17,18). The van der Waals surface area contributed by atoms with E-state index in [0.29, 0.717) is 24.3 Å². The molecule has 108 valence electrons. The normalized spacial score (nSPS) is 11.7. The van der Waals surface area contributed by atoms with Crippen molar-refractivity contribution in [2.45, 2.75) is 53.1 Å². The van der Waals surface area contributed by atoms with E-state index >= 15 is 0 Å². The van der Waals surface area contributed by atoms with Gasteiger partial charge in [0.1, 0.15) is 11.3 Å². The first-order valence-corrected chi connectivity index (χ1v) is 7.03. The first kappa shape index (κ1) is 15.8. The van der Waals surface area contributed by atoms with Gasteiger partial charge in [-0.15, -0.1) is 0 Å². The molecule has 0 aliphatic heterocycles. The zero-order valence-corrected chi connectivity index (χ0v) is 12.3. The second-order valence-electron chi connectivity index (χ2n) is 5.36. The highest BCUT2D eigenvalue weighted by Gasteiger charge is 2.21. The van der Waals surface area contributed by atoms with E-state index in [-0.39, 0.29) is 5.56 Å². The van der Waals surface area contributed by atoms with Crippen molar-refractivity contribution in [3.05, 3.63) is 23.7 Å². The number of hydrogen-bond acceptors (Lipinski definition) is 3. The Bertz CT molecular complexity index is 394. The molecule has 1 heterocycles. The summed E-state index contributed by atoms with van der Waals surface area (Å²) in [5, 5.41) is 9.12. The van der Waals surface area contributed by atoms with Crippen LogP contribution in [0.2, 0.25) is 0 Å². The van der Waals surface area contributed by atoms with E-state index in [1.54, 1.807) is 0 Å². The zero-order valence-electron chi connectivity index (χ0n) is 12.3. The van der Waals surface area contributed by atoms with E-state index in [0.717, 1.165) is 19.4 Å². The molecule has 0 aliphatic carbocycles. The van der Waals surface area contributed by atoms with Crippen molar-refractivity contribution < 1.29 is 14.3 Å². The lowest BCUT2D eigenvalue weighted by molar-refractivity contribution is 0.0690. The number of carboxylic acids is 1. The molecule has 0 unspecified atom stereocenters. The van der Waals surface area contributed by atoms with Gasteiger partial charge in [-0.25, -0.2) is 4.79 Å². The van der Waals surface area contributed by atoms with Gasteiger partial charge in [0.15, 0.2) is 0 Å². The molecule has 0 saturated carbocycles. The zero-order chi connectivity index (χ0) is 14.4. The molecule has 0 aliphatic rings. The fourth-order valence-electron chi connectivity index (χ4n) is 2.45. The van der Waals surface area contributed by atoms with Crippen LogP contribution >= 0.6 is 0 Å². The van der Waals surface area contributed by atoms with Crippen molar-refractivity contribution in [3.8, 4) is 0 Å². The first-order valence-electron chi connectivity index (χ1n) is 7.03. The SMILES string of the molecule is CCC(CC)N(Cc1occc1C(=O)O)CC(C)C. The number of rotatable bonds is 8. The fourth-order valence-corrected chi connectivity index (χ4v) is 2.45. The molecular weight excluding hydrogens is 242 g/mol. The summed E-state index contributed by atoms with van der Waals surface area (Å²) in [5.41, 5.74) is 0.278. The minimum absolute atomic E-state index is 0.278. The number of furan rings is 1. The van der Waals surface area contributed by atoms with Crippen molar-refractivity contribution in [3.63, 3.8) is 0 Å². The van der Waals surface area contributed by atoms with Gasteiger partial charge < -0.3 is 9.52 Å². The highest BCUT2D eigenvalue weighted by Crippen LogP contribution is 2.19. The van der Waals surface area contributed by atoms with Crippen LogP contribution in [-0.2, 0) is 6.54 Å². The smallest absolute Gasteiger partial charge is 0.339 e. The molecule has 1 N–H and O–H groups in total. The average molecular weight is 267 g/mol. The van der Waals surface area contributed by atoms with Gasteiger partial charge in [0.25, 0.3) is 0 Å². The van der Waals surface area contributed by atoms with Gasteiger partial charge in [0.05, 0.1) is 12.8 Å². The predicted molar refractivity (Wildman–Crippen MR) is 75.3 cm³/mol. The molecular formula is C15H25NO3. The van der Waals surface area contributed by atoms with Crippen LogP contribution in [0.15, 0.2) is 16.7 Å². The molecule has 1 aromatic rings. The molecule has 0 atom stereocenters. The fraction of sp³-hybridized carbons (Fsp3) is 0.667. The summed E-state index contributed by atoms with van der Waals surface area (Å²) in [4.78, 5) is 13.4. The van der Waals surface area contributed by atoms with Crippen LogP contribution < -0.4 is 0 Å². The van der Waals surface area contributed by atoms with Gasteiger partial charge >= 0.3 is 5.97 Å². The summed E-state index contributed by atoms with van der Waals surface area (Å²) in [6.07, 6.45) is 3.58. The molecule has 0 amide bonds. The second-order valence-corrected chi connectivity index (χ2v) is 5.36. The summed E-state index contributed by atoms with van der Waals surface area (Å²) in [5.74, 6) is 0.182.